The first-order valence-electron chi connectivity index (χ1n) is 7.89. The summed E-state index contributed by atoms with van der Waals surface area (Å²) in [5.41, 5.74) is 0.487. The first kappa shape index (κ1) is 19.7. The Labute approximate surface area is 159 Å². The van der Waals surface area contributed by atoms with Crippen molar-refractivity contribution in [2.24, 2.45) is 4.99 Å². The summed E-state index contributed by atoms with van der Waals surface area (Å²) >= 11 is 13.4. The van der Waals surface area contributed by atoms with Crippen molar-refractivity contribution < 1.29 is 14.3 Å². The highest BCUT2D eigenvalue weighted by Gasteiger charge is 2.21. The second-order valence-corrected chi connectivity index (χ2v) is 6.99. The van der Waals surface area contributed by atoms with Gasteiger partial charge in [-0.15, -0.1) is 0 Å². The van der Waals surface area contributed by atoms with Crippen molar-refractivity contribution in [2.45, 2.75) is 40.0 Å². The van der Waals surface area contributed by atoms with Crippen LogP contribution in [-0.2, 0) is 11.2 Å². The van der Waals surface area contributed by atoms with Crippen molar-refractivity contribution in [2.75, 3.05) is 0 Å². The molecule has 0 aliphatic rings. The van der Waals surface area contributed by atoms with Gasteiger partial charge in [-0.3, -0.25) is 9.59 Å². The van der Waals surface area contributed by atoms with Crippen LogP contribution in [0.15, 0.2) is 23.2 Å². The smallest absolute Gasteiger partial charge is 0.312 e. The minimum absolute atomic E-state index is 0.210. The van der Waals surface area contributed by atoms with Crippen LogP contribution in [0.4, 0.5) is 5.69 Å². The van der Waals surface area contributed by atoms with E-state index in [-0.39, 0.29) is 24.6 Å². The monoisotopic (exact) mass is 400 g/mol. The van der Waals surface area contributed by atoms with E-state index in [0.29, 0.717) is 27.0 Å². The Balaban J connectivity index is 2.70. The third-order valence-corrected chi connectivity index (χ3v) is 5.05. The van der Waals surface area contributed by atoms with Gasteiger partial charge in [-0.05, 0) is 24.6 Å². The van der Waals surface area contributed by atoms with Crippen molar-refractivity contribution >= 4 is 52.1 Å². The zero-order chi connectivity index (χ0) is 18.6. The second-order valence-electron chi connectivity index (χ2n) is 5.08. The van der Waals surface area contributed by atoms with Crippen molar-refractivity contribution in [3.05, 3.63) is 37.9 Å². The predicted octanol–water partition coefficient (Wildman–Crippen LogP) is 5.02. The van der Waals surface area contributed by atoms with Gasteiger partial charge in [0.1, 0.15) is 0 Å². The molecule has 0 fully saturated rings. The maximum Gasteiger partial charge on any atom is 0.312 e. The van der Waals surface area contributed by atoms with Crippen molar-refractivity contribution in [3.63, 3.8) is 0 Å². The molecule has 0 amide bonds. The summed E-state index contributed by atoms with van der Waals surface area (Å²) in [5.74, 6) is -0.366. The molecule has 0 unspecified atom stereocenters. The fourth-order valence-corrected chi connectivity index (χ4v) is 3.50. The molecule has 0 saturated heterocycles. The number of benzene rings is 1. The molecule has 0 aliphatic heterocycles. The highest BCUT2D eigenvalue weighted by atomic mass is 35.5. The van der Waals surface area contributed by atoms with E-state index in [4.69, 9.17) is 27.9 Å². The van der Waals surface area contributed by atoms with E-state index in [1.165, 1.54) is 15.9 Å². The number of rotatable bonds is 5. The lowest BCUT2D eigenvalue weighted by Crippen LogP contribution is -2.24. The maximum atomic E-state index is 12.4. The first-order chi connectivity index (χ1) is 11.9. The van der Waals surface area contributed by atoms with E-state index in [9.17, 15) is 9.59 Å². The molecule has 0 saturated carbocycles. The number of ether oxygens (including phenoxy) is 1. The Hall–Kier alpha value is -1.63. The van der Waals surface area contributed by atoms with Crippen LogP contribution in [0.3, 0.4) is 0 Å². The standard InChI is InChI=1S/C17H18Cl2N2O3S/c1-4-13-16(24-15(23)6-3)21(14(22)5-2)17(25-13)20-12-8-7-10(18)9-11(12)19/h7-9H,4-6H2,1-3H3. The number of hydrogen-bond donors (Lipinski definition) is 0. The highest BCUT2D eigenvalue weighted by molar-refractivity contribution is 7.09. The van der Waals surface area contributed by atoms with Gasteiger partial charge in [0.05, 0.1) is 15.6 Å². The van der Waals surface area contributed by atoms with Gasteiger partial charge in [0.2, 0.25) is 11.8 Å². The molecular weight excluding hydrogens is 383 g/mol. The van der Waals surface area contributed by atoms with Crippen LogP contribution in [-0.4, -0.2) is 16.4 Å². The van der Waals surface area contributed by atoms with E-state index < -0.39 is 5.97 Å². The van der Waals surface area contributed by atoms with Crippen LogP contribution in [0.1, 0.15) is 43.3 Å². The lowest BCUT2D eigenvalue weighted by molar-refractivity contribution is -0.134. The van der Waals surface area contributed by atoms with Gasteiger partial charge in [-0.25, -0.2) is 9.56 Å². The SMILES string of the molecule is CCC(=O)Oc1c(CC)sc(=Nc2ccc(Cl)cc2Cl)n1C(=O)CC. The highest BCUT2D eigenvalue weighted by Crippen LogP contribution is 2.29. The van der Waals surface area contributed by atoms with Gasteiger partial charge in [0.25, 0.3) is 0 Å². The number of esters is 1. The van der Waals surface area contributed by atoms with Crippen molar-refractivity contribution in [3.8, 4) is 5.88 Å². The molecule has 2 rings (SSSR count). The molecule has 1 heterocycles. The van der Waals surface area contributed by atoms with Gasteiger partial charge in [-0.2, -0.15) is 0 Å². The average molecular weight is 401 g/mol. The number of halogens is 2. The number of carbonyl (C=O) groups is 2. The van der Waals surface area contributed by atoms with Crippen LogP contribution in [0.25, 0.3) is 0 Å². The van der Waals surface area contributed by atoms with Gasteiger partial charge < -0.3 is 4.74 Å². The zero-order valence-corrected chi connectivity index (χ0v) is 16.5. The molecule has 8 heteroatoms. The molecule has 2 aromatic rings. The summed E-state index contributed by atoms with van der Waals surface area (Å²) in [5, 5.41) is 0.876. The Bertz CT molecular complexity index is 871. The molecule has 134 valence electrons. The molecule has 0 atom stereocenters. The molecule has 5 nitrogen and oxygen atoms in total. The van der Waals surface area contributed by atoms with E-state index in [2.05, 4.69) is 4.99 Å². The number of thiazole rings is 1. The molecule has 1 aromatic heterocycles. The summed E-state index contributed by atoms with van der Waals surface area (Å²) in [4.78, 5) is 29.9. The summed E-state index contributed by atoms with van der Waals surface area (Å²) < 4.78 is 6.76. The predicted molar refractivity (Wildman–Crippen MR) is 100 cm³/mol. The number of nitrogens with zero attached hydrogens (tertiary/aromatic N) is 2. The van der Waals surface area contributed by atoms with Crippen LogP contribution in [0.5, 0.6) is 5.88 Å². The van der Waals surface area contributed by atoms with E-state index in [1.54, 1.807) is 32.0 Å². The molecule has 0 spiro atoms. The lowest BCUT2D eigenvalue weighted by atomic mass is 10.3. The number of aromatic nitrogens is 1. The largest absolute Gasteiger partial charge is 0.408 e. The van der Waals surface area contributed by atoms with Gasteiger partial charge in [0.15, 0.2) is 4.80 Å². The number of aryl methyl sites for hydroxylation is 1. The summed E-state index contributed by atoms with van der Waals surface area (Å²) in [6.45, 7) is 5.36. The summed E-state index contributed by atoms with van der Waals surface area (Å²) in [6, 6.07) is 4.93. The van der Waals surface area contributed by atoms with Gasteiger partial charge in [-0.1, -0.05) is 55.3 Å². The van der Waals surface area contributed by atoms with E-state index in [0.717, 1.165) is 4.88 Å². The molecule has 0 N–H and O–H groups in total. The summed E-state index contributed by atoms with van der Waals surface area (Å²) in [6.07, 6.45) is 1.07. The number of hydrogen-bond acceptors (Lipinski definition) is 5. The normalized spacial score (nSPS) is 11.6. The summed E-state index contributed by atoms with van der Waals surface area (Å²) in [7, 11) is 0. The van der Waals surface area contributed by atoms with Crippen LogP contribution in [0.2, 0.25) is 10.0 Å². The molecule has 0 bridgehead atoms. The molecular formula is C17H18Cl2N2O3S. The van der Waals surface area contributed by atoms with Crippen LogP contribution < -0.4 is 9.54 Å². The van der Waals surface area contributed by atoms with Crippen LogP contribution in [0, 0.1) is 0 Å². The third-order valence-electron chi connectivity index (χ3n) is 3.35. The Morgan fingerprint density at radius 1 is 1.20 bits per heavy atom. The van der Waals surface area contributed by atoms with Gasteiger partial charge >= 0.3 is 5.97 Å². The zero-order valence-electron chi connectivity index (χ0n) is 14.1. The Morgan fingerprint density at radius 2 is 1.92 bits per heavy atom. The third kappa shape index (κ3) is 4.51. The minimum Gasteiger partial charge on any atom is -0.408 e. The van der Waals surface area contributed by atoms with E-state index >= 15 is 0 Å². The molecule has 0 aliphatic carbocycles. The first-order valence-corrected chi connectivity index (χ1v) is 9.46. The molecule has 1 aromatic carbocycles. The second kappa shape index (κ2) is 8.65. The molecule has 0 radical (unpaired) electrons. The quantitative estimate of drug-likeness (QED) is 0.662. The number of carbonyl (C=O) groups excluding carboxylic acids is 2. The average Bonchev–Trinajstić information content (AvgIpc) is 2.93. The van der Waals surface area contributed by atoms with E-state index in [1.807, 2.05) is 6.92 Å². The lowest BCUT2D eigenvalue weighted by Gasteiger charge is -2.08. The Kier molecular flexibility index (Phi) is 6.81. The molecule has 25 heavy (non-hydrogen) atoms. The maximum absolute atomic E-state index is 12.4. The van der Waals surface area contributed by atoms with Crippen LogP contribution >= 0.6 is 34.5 Å². The fraction of sp³-hybridized carbons (Fsp3) is 0.353. The van der Waals surface area contributed by atoms with Crippen molar-refractivity contribution in [1.29, 1.82) is 0 Å². The Morgan fingerprint density at radius 3 is 2.48 bits per heavy atom. The fourth-order valence-electron chi connectivity index (χ4n) is 2.04. The van der Waals surface area contributed by atoms with Gasteiger partial charge in [0, 0.05) is 17.9 Å². The van der Waals surface area contributed by atoms with Crippen molar-refractivity contribution in [1.82, 2.24) is 4.57 Å². The topological polar surface area (TPSA) is 60.7 Å². The minimum atomic E-state index is -0.402.